The molecule has 4 N–H and O–H groups in total. The molecule has 1 aromatic rings. The molecule has 0 radical (unpaired) electrons. The van der Waals surface area contributed by atoms with Gasteiger partial charge in [0.25, 0.3) is 0 Å². The van der Waals surface area contributed by atoms with Crippen LogP contribution in [-0.4, -0.2) is 52.8 Å². The van der Waals surface area contributed by atoms with Gasteiger partial charge < -0.3 is 21.1 Å². The van der Waals surface area contributed by atoms with Gasteiger partial charge in [-0.15, -0.1) is 0 Å². The highest BCUT2D eigenvalue weighted by Gasteiger charge is 2.18. The number of likely N-dealkylation sites (tertiary alicyclic amines) is 1. The van der Waals surface area contributed by atoms with Crippen LogP contribution in [0.15, 0.2) is 0 Å². The van der Waals surface area contributed by atoms with E-state index in [9.17, 15) is 5.11 Å². The molecule has 2 rings (SSSR count). The Morgan fingerprint density at radius 1 is 1.43 bits per heavy atom. The first-order chi connectivity index (χ1) is 10.1. The average Bonchev–Trinajstić information content (AvgIpc) is 2.47. The Balaban J connectivity index is 1.88. The van der Waals surface area contributed by atoms with E-state index >= 15 is 0 Å². The SMILES string of the molecule is CCc1c(C)nc(N)nc1NCCN1CCC[C@@H](CO)C1. The van der Waals surface area contributed by atoms with Crippen LogP contribution in [0, 0.1) is 12.8 Å². The van der Waals surface area contributed by atoms with Crippen molar-refractivity contribution in [1.29, 1.82) is 0 Å². The molecular formula is C15H27N5O. The second-order valence-electron chi connectivity index (χ2n) is 5.77. The Kier molecular flexibility index (Phi) is 5.76. The maximum Gasteiger partial charge on any atom is 0.222 e. The number of nitrogens with zero attached hydrogens (tertiary/aromatic N) is 3. The first kappa shape index (κ1) is 16.0. The third-order valence-corrected chi connectivity index (χ3v) is 4.17. The molecule has 1 saturated heterocycles. The van der Waals surface area contributed by atoms with E-state index in [4.69, 9.17) is 5.73 Å². The van der Waals surface area contributed by atoms with Gasteiger partial charge in [0.1, 0.15) is 5.82 Å². The summed E-state index contributed by atoms with van der Waals surface area (Å²) >= 11 is 0. The molecule has 2 heterocycles. The number of aliphatic hydroxyl groups excluding tert-OH is 1. The quantitative estimate of drug-likeness (QED) is 0.726. The zero-order valence-corrected chi connectivity index (χ0v) is 13.1. The van der Waals surface area contributed by atoms with Gasteiger partial charge in [0, 0.05) is 37.5 Å². The van der Waals surface area contributed by atoms with Crippen molar-refractivity contribution in [3.05, 3.63) is 11.3 Å². The van der Waals surface area contributed by atoms with Gasteiger partial charge in [-0.05, 0) is 38.6 Å². The average molecular weight is 293 g/mol. The number of piperidine rings is 1. The smallest absolute Gasteiger partial charge is 0.222 e. The van der Waals surface area contributed by atoms with Gasteiger partial charge in [0.2, 0.25) is 5.95 Å². The highest BCUT2D eigenvalue weighted by molar-refractivity contribution is 5.49. The molecular weight excluding hydrogens is 266 g/mol. The second-order valence-corrected chi connectivity index (χ2v) is 5.77. The Hall–Kier alpha value is -1.40. The molecule has 0 aliphatic carbocycles. The summed E-state index contributed by atoms with van der Waals surface area (Å²) in [6.07, 6.45) is 3.21. The van der Waals surface area contributed by atoms with Crippen LogP contribution in [0.1, 0.15) is 31.0 Å². The Morgan fingerprint density at radius 2 is 2.24 bits per heavy atom. The van der Waals surface area contributed by atoms with Crippen LogP contribution in [-0.2, 0) is 6.42 Å². The number of nitrogen functional groups attached to an aromatic ring is 1. The molecule has 0 amide bonds. The van der Waals surface area contributed by atoms with Crippen LogP contribution >= 0.6 is 0 Å². The minimum Gasteiger partial charge on any atom is -0.396 e. The van der Waals surface area contributed by atoms with Crippen molar-refractivity contribution in [1.82, 2.24) is 14.9 Å². The van der Waals surface area contributed by atoms with Crippen LogP contribution in [0.2, 0.25) is 0 Å². The van der Waals surface area contributed by atoms with Crippen LogP contribution < -0.4 is 11.1 Å². The zero-order valence-electron chi connectivity index (χ0n) is 13.1. The van der Waals surface area contributed by atoms with E-state index in [1.165, 1.54) is 6.42 Å². The summed E-state index contributed by atoms with van der Waals surface area (Å²) in [4.78, 5) is 10.9. The fourth-order valence-electron chi connectivity index (χ4n) is 3.02. The standard InChI is InChI=1S/C15H27N5O/c1-3-13-11(2)18-15(16)19-14(13)17-6-8-20-7-4-5-12(9-20)10-21/h12,21H,3-10H2,1-2H3,(H3,16,17,18,19)/t12-/m1/s1. The minimum atomic E-state index is 0.297. The lowest BCUT2D eigenvalue weighted by Gasteiger charge is -2.31. The Morgan fingerprint density at radius 3 is 2.95 bits per heavy atom. The van der Waals surface area contributed by atoms with E-state index in [0.29, 0.717) is 18.5 Å². The molecule has 0 unspecified atom stereocenters. The van der Waals surface area contributed by atoms with Crippen molar-refractivity contribution in [2.75, 3.05) is 43.8 Å². The van der Waals surface area contributed by atoms with Gasteiger partial charge in [-0.3, -0.25) is 0 Å². The summed E-state index contributed by atoms with van der Waals surface area (Å²) < 4.78 is 0. The number of nitrogens with one attached hydrogen (secondary N) is 1. The van der Waals surface area contributed by atoms with Crippen molar-refractivity contribution >= 4 is 11.8 Å². The molecule has 1 aliphatic heterocycles. The minimum absolute atomic E-state index is 0.297. The van der Waals surface area contributed by atoms with Gasteiger partial charge in [-0.2, -0.15) is 4.98 Å². The number of aliphatic hydroxyl groups is 1. The predicted molar refractivity (Wildman–Crippen MR) is 85.3 cm³/mol. The van der Waals surface area contributed by atoms with Gasteiger partial charge in [0.15, 0.2) is 0 Å². The number of anilines is 2. The molecule has 1 aromatic heterocycles. The number of aryl methyl sites for hydroxylation is 1. The number of aromatic nitrogens is 2. The lowest BCUT2D eigenvalue weighted by atomic mass is 9.99. The predicted octanol–water partition coefficient (Wildman–Crippen LogP) is 1.05. The number of rotatable bonds is 6. The van der Waals surface area contributed by atoms with Crippen LogP contribution in [0.25, 0.3) is 0 Å². The molecule has 0 saturated carbocycles. The maximum absolute atomic E-state index is 9.27. The third-order valence-electron chi connectivity index (χ3n) is 4.17. The molecule has 21 heavy (non-hydrogen) atoms. The maximum atomic E-state index is 9.27. The number of hydrogen-bond acceptors (Lipinski definition) is 6. The molecule has 1 fully saturated rings. The van der Waals surface area contributed by atoms with Gasteiger partial charge >= 0.3 is 0 Å². The number of nitrogens with two attached hydrogens (primary N) is 1. The molecule has 0 aromatic carbocycles. The van der Waals surface area contributed by atoms with Gasteiger partial charge in [0.05, 0.1) is 0 Å². The molecule has 6 heteroatoms. The third kappa shape index (κ3) is 4.28. The van der Waals surface area contributed by atoms with Crippen LogP contribution in [0.3, 0.4) is 0 Å². The molecule has 6 nitrogen and oxygen atoms in total. The first-order valence-corrected chi connectivity index (χ1v) is 7.84. The normalized spacial score (nSPS) is 19.7. The molecule has 1 aliphatic rings. The van der Waals surface area contributed by atoms with Gasteiger partial charge in [-0.25, -0.2) is 4.98 Å². The van der Waals surface area contributed by atoms with Crippen LogP contribution in [0.4, 0.5) is 11.8 Å². The van der Waals surface area contributed by atoms with E-state index in [2.05, 4.69) is 27.1 Å². The monoisotopic (exact) mass is 293 g/mol. The summed E-state index contributed by atoms with van der Waals surface area (Å²) in [5, 5.41) is 12.7. The highest BCUT2D eigenvalue weighted by Crippen LogP contribution is 2.18. The summed E-state index contributed by atoms with van der Waals surface area (Å²) in [5.74, 6) is 1.62. The van der Waals surface area contributed by atoms with Crippen molar-refractivity contribution in [2.45, 2.75) is 33.1 Å². The van der Waals surface area contributed by atoms with E-state index < -0.39 is 0 Å². The van der Waals surface area contributed by atoms with Gasteiger partial charge in [-0.1, -0.05) is 6.92 Å². The highest BCUT2D eigenvalue weighted by atomic mass is 16.3. The molecule has 118 valence electrons. The first-order valence-electron chi connectivity index (χ1n) is 7.84. The largest absolute Gasteiger partial charge is 0.396 e. The van der Waals surface area contributed by atoms with Crippen molar-refractivity contribution in [3.8, 4) is 0 Å². The Bertz CT molecular complexity index is 466. The molecule has 0 bridgehead atoms. The van der Waals surface area contributed by atoms with E-state index in [1.54, 1.807) is 0 Å². The van der Waals surface area contributed by atoms with Crippen LogP contribution in [0.5, 0.6) is 0 Å². The second kappa shape index (κ2) is 7.56. The lowest BCUT2D eigenvalue weighted by Crippen LogP contribution is -2.39. The molecule has 1 atom stereocenters. The van der Waals surface area contributed by atoms with Crippen molar-refractivity contribution in [3.63, 3.8) is 0 Å². The summed E-state index contributed by atoms with van der Waals surface area (Å²) in [6, 6.07) is 0. The molecule has 0 spiro atoms. The summed E-state index contributed by atoms with van der Waals surface area (Å²) in [5.41, 5.74) is 7.82. The zero-order chi connectivity index (χ0) is 15.2. The van der Waals surface area contributed by atoms with E-state index in [1.807, 2.05) is 6.92 Å². The fourth-order valence-corrected chi connectivity index (χ4v) is 3.02. The van der Waals surface area contributed by atoms with Crippen molar-refractivity contribution in [2.24, 2.45) is 5.92 Å². The topological polar surface area (TPSA) is 87.3 Å². The van der Waals surface area contributed by atoms with E-state index in [-0.39, 0.29) is 0 Å². The summed E-state index contributed by atoms with van der Waals surface area (Å²) in [7, 11) is 0. The lowest BCUT2D eigenvalue weighted by molar-refractivity contribution is 0.123. The number of hydrogen-bond donors (Lipinski definition) is 3. The summed E-state index contributed by atoms with van der Waals surface area (Å²) in [6.45, 7) is 8.27. The van der Waals surface area contributed by atoms with Crippen molar-refractivity contribution < 1.29 is 5.11 Å². The fraction of sp³-hybridized carbons (Fsp3) is 0.733. The van der Waals surface area contributed by atoms with E-state index in [0.717, 1.165) is 56.1 Å². The Labute approximate surface area is 126 Å².